The predicted molar refractivity (Wildman–Crippen MR) is 78.3 cm³/mol. The van der Waals surface area contributed by atoms with Crippen molar-refractivity contribution in [2.75, 3.05) is 12.4 Å². The molecule has 106 valence electrons. The molecule has 0 aliphatic carbocycles. The third-order valence-corrected chi connectivity index (χ3v) is 3.20. The Balaban J connectivity index is 2.21. The van der Waals surface area contributed by atoms with E-state index in [1.165, 1.54) is 0 Å². The number of nitrogens with one attached hydrogen (secondary N) is 1. The third-order valence-electron chi connectivity index (χ3n) is 3.20. The maximum Gasteiger partial charge on any atom is 0.259 e. The van der Waals surface area contributed by atoms with Gasteiger partial charge in [0.2, 0.25) is 0 Å². The molecule has 0 aliphatic heterocycles. The molecule has 0 bridgehead atoms. The van der Waals surface area contributed by atoms with E-state index in [1.807, 2.05) is 39.0 Å². The summed E-state index contributed by atoms with van der Waals surface area (Å²) in [7, 11) is 1.62. The largest absolute Gasteiger partial charge is 0.497 e. The van der Waals surface area contributed by atoms with Crippen LogP contribution < -0.4 is 10.1 Å². The molecule has 0 fully saturated rings. The summed E-state index contributed by atoms with van der Waals surface area (Å²) in [6, 6.07) is 5.55. The van der Waals surface area contributed by atoms with Crippen LogP contribution in [0.15, 0.2) is 24.4 Å². The monoisotopic (exact) mass is 273 g/mol. The Bertz CT molecular complexity index is 632. The normalized spacial score (nSPS) is 10.4. The van der Waals surface area contributed by atoms with Crippen LogP contribution in [0.5, 0.6) is 5.75 Å². The van der Waals surface area contributed by atoms with Crippen LogP contribution in [0.3, 0.4) is 0 Å². The van der Waals surface area contributed by atoms with Crippen LogP contribution in [-0.4, -0.2) is 22.8 Å². The number of benzene rings is 1. The van der Waals surface area contributed by atoms with Gasteiger partial charge >= 0.3 is 0 Å². The number of anilines is 1. The van der Waals surface area contributed by atoms with E-state index >= 15 is 0 Å². The predicted octanol–water partition coefficient (Wildman–Crippen LogP) is 2.78. The van der Waals surface area contributed by atoms with Gasteiger partial charge < -0.3 is 10.1 Å². The Hall–Kier alpha value is -2.30. The third kappa shape index (κ3) is 2.82. The number of amides is 1. The lowest BCUT2D eigenvalue weighted by Crippen LogP contribution is -2.13. The second-order valence-corrected chi connectivity index (χ2v) is 4.62. The van der Waals surface area contributed by atoms with Gasteiger partial charge in [0.1, 0.15) is 5.75 Å². The molecular formula is C15H19N3O2. The minimum absolute atomic E-state index is 0.143. The van der Waals surface area contributed by atoms with Crippen LogP contribution in [0.4, 0.5) is 5.69 Å². The van der Waals surface area contributed by atoms with Gasteiger partial charge in [-0.3, -0.25) is 9.48 Å². The van der Waals surface area contributed by atoms with Gasteiger partial charge in [-0.05, 0) is 44.5 Å². The highest BCUT2D eigenvalue weighted by molar-refractivity contribution is 6.05. The minimum atomic E-state index is -0.143. The Morgan fingerprint density at radius 1 is 1.40 bits per heavy atom. The maximum absolute atomic E-state index is 12.3. The van der Waals surface area contributed by atoms with E-state index in [0.717, 1.165) is 29.2 Å². The molecule has 2 rings (SSSR count). The highest BCUT2D eigenvalue weighted by atomic mass is 16.5. The van der Waals surface area contributed by atoms with Crippen molar-refractivity contribution < 1.29 is 9.53 Å². The first-order valence-electron chi connectivity index (χ1n) is 6.55. The second kappa shape index (κ2) is 5.77. The summed E-state index contributed by atoms with van der Waals surface area (Å²) >= 11 is 0. The lowest BCUT2D eigenvalue weighted by atomic mass is 10.1. The zero-order valence-electron chi connectivity index (χ0n) is 12.2. The number of carbonyl (C=O) groups is 1. The van der Waals surface area contributed by atoms with E-state index in [0.29, 0.717) is 5.56 Å². The SMILES string of the molecule is CCn1cc(C(=O)Nc2ccc(OC)cc2C)c(C)n1. The summed E-state index contributed by atoms with van der Waals surface area (Å²) in [5.41, 5.74) is 3.07. The van der Waals surface area contributed by atoms with Crippen molar-refractivity contribution in [1.82, 2.24) is 9.78 Å². The molecule has 0 aliphatic rings. The zero-order chi connectivity index (χ0) is 14.7. The van der Waals surface area contributed by atoms with Gasteiger partial charge in [-0.25, -0.2) is 0 Å². The lowest BCUT2D eigenvalue weighted by Gasteiger charge is -2.09. The Kier molecular flexibility index (Phi) is 4.08. The molecule has 20 heavy (non-hydrogen) atoms. The summed E-state index contributed by atoms with van der Waals surface area (Å²) in [6.45, 7) is 6.50. The van der Waals surface area contributed by atoms with Crippen molar-refractivity contribution in [3.63, 3.8) is 0 Å². The molecule has 5 heteroatoms. The number of ether oxygens (including phenoxy) is 1. The average Bonchev–Trinajstić information content (AvgIpc) is 2.82. The molecule has 1 aromatic heterocycles. The number of carbonyl (C=O) groups excluding carboxylic acids is 1. The van der Waals surface area contributed by atoms with E-state index < -0.39 is 0 Å². The van der Waals surface area contributed by atoms with Crippen LogP contribution in [0.2, 0.25) is 0 Å². The highest BCUT2D eigenvalue weighted by Gasteiger charge is 2.14. The summed E-state index contributed by atoms with van der Waals surface area (Å²) < 4.78 is 6.91. The van der Waals surface area contributed by atoms with Crippen molar-refractivity contribution in [2.24, 2.45) is 0 Å². The number of methoxy groups -OCH3 is 1. The summed E-state index contributed by atoms with van der Waals surface area (Å²) in [5, 5.41) is 7.19. The summed E-state index contributed by atoms with van der Waals surface area (Å²) in [5.74, 6) is 0.631. The lowest BCUT2D eigenvalue weighted by molar-refractivity contribution is 0.102. The molecule has 0 spiro atoms. The standard InChI is InChI=1S/C15H19N3O2/c1-5-18-9-13(11(3)17-18)15(19)16-14-7-6-12(20-4)8-10(14)2/h6-9H,5H2,1-4H3,(H,16,19). The van der Waals surface area contributed by atoms with Crippen LogP contribution >= 0.6 is 0 Å². The molecule has 0 saturated carbocycles. The Morgan fingerprint density at radius 3 is 2.70 bits per heavy atom. The first kappa shape index (κ1) is 14.1. The first-order valence-corrected chi connectivity index (χ1v) is 6.55. The molecular weight excluding hydrogens is 254 g/mol. The van der Waals surface area contributed by atoms with Crippen molar-refractivity contribution in [3.8, 4) is 5.75 Å². The van der Waals surface area contributed by atoms with Crippen LogP contribution in [0, 0.1) is 13.8 Å². The number of rotatable bonds is 4. The van der Waals surface area contributed by atoms with Gasteiger partial charge in [0.25, 0.3) is 5.91 Å². The molecule has 2 aromatic rings. The fourth-order valence-electron chi connectivity index (χ4n) is 2.00. The van der Waals surface area contributed by atoms with Crippen molar-refractivity contribution in [2.45, 2.75) is 27.3 Å². The molecule has 5 nitrogen and oxygen atoms in total. The second-order valence-electron chi connectivity index (χ2n) is 4.62. The number of aromatic nitrogens is 2. The van der Waals surface area contributed by atoms with Gasteiger partial charge in [-0.1, -0.05) is 0 Å². The van der Waals surface area contributed by atoms with Gasteiger partial charge in [0.05, 0.1) is 18.4 Å². The van der Waals surface area contributed by atoms with Gasteiger partial charge in [-0.15, -0.1) is 0 Å². The molecule has 0 unspecified atom stereocenters. The van der Waals surface area contributed by atoms with E-state index in [4.69, 9.17) is 4.74 Å². The topological polar surface area (TPSA) is 56.2 Å². The number of hydrogen-bond acceptors (Lipinski definition) is 3. The van der Waals surface area contributed by atoms with Gasteiger partial charge in [0, 0.05) is 18.4 Å². The molecule has 0 saturated heterocycles. The molecule has 1 aromatic carbocycles. The quantitative estimate of drug-likeness (QED) is 0.932. The van der Waals surface area contributed by atoms with Crippen molar-refractivity contribution >= 4 is 11.6 Å². The first-order chi connectivity index (χ1) is 9.55. The molecule has 0 atom stereocenters. The van der Waals surface area contributed by atoms with Gasteiger partial charge in [-0.2, -0.15) is 5.10 Å². The summed E-state index contributed by atoms with van der Waals surface area (Å²) in [6.07, 6.45) is 1.77. The smallest absolute Gasteiger partial charge is 0.259 e. The van der Waals surface area contributed by atoms with E-state index in [1.54, 1.807) is 18.0 Å². The van der Waals surface area contributed by atoms with E-state index in [2.05, 4.69) is 10.4 Å². The zero-order valence-corrected chi connectivity index (χ0v) is 12.2. The Morgan fingerprint density at radius 2 is 2.15 bits per heavy atom. The maximum atomic E-state index is 12.3. The van der Waals surface area contributed by atoms with Crippen LogP contribution in [0.1, 0.15) is 28.5 Å². The minimum Gasteiger partial charge on any atom is -0.497 e. The Labute approximate surface area is 118 Å². The molecule has 1 heterocycles. The van der Waals surface area contributed by atoms with Crippen LogP contribution in [-0.2, 0) is 6.54 Å². The number of hydrogen-bond donors (Lipinski definition) is 1. The number of aryl methyl sites for hydroxylation is 3. The van der Waals surface area contributed by atoms with Crippen LogP contribution in [0.25, 0.3) is 0 Å². The van der Waals surface area contributed by atoms with Crippen molar-refractivity contribution in [1.29, 1.82) is 0 Å². The highest BCUT2D eigenvalue weighted by Crippen LogP contribution is 2.22. The van der Waals surface area contributed by atoms with E-state index in [9.17, 15) is 4.79 Å². The molecule has 0 radical (unpaired) electrons. The van der Waals surface area contributed by atoms with Crippen molar-refractivity contribution in [3.05, 3.63) is 41.2 Å². The molecule has 1 N–H and O–H groups in total. The molecule has 1 amide bonds. The average molecular weight is 273 g/mol. The van der Waals surface area contributed by atoms with E-state index in [-0.39, 0.29) is 5.91 Å². The number of nitrogens with zero attached hydrogens (tertiary/aromatic N) is 2. The fourth-order valence-corrected chi connectivity index (χ4v) is 2.00. The fraction of sp³-hybridized carbons (Fsp3) is 0.333. The summed E-state index contributed by atoms with van der Waals surface area (Å²) in [4.78, 5) is 12.3. The van der Waals surface area contributed by atoms with Gasteiger partial charge in [0.15, 0.2) is 0 Å².